The lowest BCUT2D eigenvalue weighted by atomic mass is 10.0. The van der Waals surface area contributed by atoms with Crippen LogP contribution >= 0.6 is 11.3 Å². The molecule has 0 fully saturated rings. The van der Waals surface area contributed by atoms with E-state index in [0.29, 0.717) is 12.0 Å². The zero-order chi connectivity index (χ0) is 19.3. The van der Waals surface area contributed by atoms with E-state index in [0.717, 1.165) is 21.8 Å². The van der Waals surface area contributed by atoms with Crippen molar-refractivity contribution < 1.29 is 9.53 Å². The molecule has 0 saturated heterocycles. The van der Waals surface area contributed by atoms with Crippen LogP contribution in [0, 0.1) is 0 Å². The Morgan fingerprint density at radius 3 is 2.07 bits per heavy atom. The molecule has 4 rings (SSSR count). The predicted molar refractivity (Wildman–Crippen MR) is 114 cm³/mol. The van der Waals surface area contributed by atoms with E-state index in [1.165, 1.54) is 17.6 Å². The highest BCUT2D eigenvalue weighted by atomic mass is 32.1. The molecule has 0 bridgehead atoms. The average molecular weight is 385 g/mol. The molecule has 0 saturated carbocycles. The number of aromatic nitrogens is 1. The van der Waals surface area contributed by atoms with E-state index in [1.54, 1.807) is 23.5 Å². The zero-order valence-corrected chi connectivity index (χ0v) is 16.3. The molecule has 4 aromatic rings. The molecule has 1 heterocycles. The Labute approximate surface area is 168 Å². The summed E-state index contributed by atoms with van der Waals surface area (Å²) in [6.07, 6.45) is 0.703. The lowest BCUT2D eigenvalue weighted by Gasteiger charge is -2.04. The first-order chi connectivity index (χ1) is 13.7. The minimum atomic E-state index is -0.323. The SMILES string of the molecule is COC(=O)c1ccc(Cc2nc(-c3ccccc3)sc2-c2ccccc2)cc1. The van der Waals surface area contributed by atoms with Crippen LogP contribution in [-0.4, -0.2) is 18.1 Å². The van der Waals surface area contributed by atoms with Gasteiger partial charge in [0.1, 0.15) is 5.01 Å². The third-order valence-electron chi connectivity index (χ3n) is 4.50. The number of carbonyl (C=O) groups excluding carboxylic acids is 1. The minimum absolute atomic E-state index is 0.323. The topological polar surface area (TPSA) is 39.2 Å². The number of hydrogen-bond donors (Lipinski definition) is 0. The van der Waals surface area contributed by atoms with E-state index >= 15 is 0 Å². The van der Waals surface area contributed by atoms with Gasteiger partial charge in [0.05, 0.1) is 23.2 Å². The molecule has 0 aliphatic heterocycles. The van der Waals surface area contributed by atoms with Crippen molar-refractivity contribution in [1.29, 1.82) is 0 Å². The van der Waals surface area contributed by atoms with Gasteiger partial charge in [-0.1, -0.05) is 72.8 Å². The molecule has 138 valence electrons. The fourth-order valence-electron chi connectivity index (χ4n) is 3.06. The number of esters is 1. The molecule has 3 nitrogen and oxygen atoms in total. The summed E-state index contributed by atoms with van der Waals surface area (Å²) in [5, 5.41) is 1.01. The van der Waals surface area contributed by atoms with Crippen LogP contribution in [0.25, 0.3) is 21.0 Å². The highest BCUT2D eigenvalue weighted by Crippen LogP contribution is 2.36. The second kappa shape index (κ2) is 8.19. The van der Waals surface area contributed by atoms with Gasteiger partial charge in [0.15, 0.2) is 0 Å². The van der Waals surface area contributed by atoms with Crippen LogP contribution in [0.2, 0.25) is 0 Å². The van der Waals surface area contributed by atoms with E-state index in [9.17, 15) is 4.79 Å². The summed E-state index contributed by atoms with van der Waals surface area (Å²) in [6.45, 7) is 0. The highest BCUT2D eigenvalue weighted by Gasteiger charge is 2.15. The molecular weight excluding hydrogens is 366 g/mol. The predicted octanol–water partition coefficient (Wildman–Crippen LogP) is 5.85. The van der Waals surface area contributed by atoms with E-state index in [4.69, 9.17) is 9.72 Å². The van der Waals surface area contributed by atoms with Gasteiger partial charge in [0.25, 0.3) is 0 Å². The zero-order valence-electron chi connectivity index (χ0n) is 15.5. The van der Waals surface area contributed by atoms with Crippen molar-refractivity contribution in [3.8, 4) is 21.0 Å². The summed E-state index contributed by atoms with van der Waals surface area (Å²) in [5.41, 5.74) is 4.99. The fraction of sp³-hybridized carbons (Fsp3) is 0.0833. The molecular formula is C24H19NO2S. The number of methoxy groups -OCH3 is 1. The molecule has 0 atom stereocenters. The number of carbonyl (C=O) groups is 1. The molecule has 3 aromatic carbocycles. The van der Waals surface area contributed by atoms with Gasteiger partial charge in [-0.15, -0.1) is 11.3 Å². The molecule has 0 spiro atoms. The van der Waals surface area contributed by atoms with Crippen LogP contribution < -0.4 is 0 Å². The van der Waals surface area contributed by atoms with Crippen molar-refractivity contribution in [2.24, 2.45) is 0 Å². The Morgan fingerprint density at radius 2 is 1.46 bits per heavy atom. The lowest BCUT2D eigenvalue weighted by molar-refractivity contribution is 0.0600. The summed E-state index contributed by atoms with van der Waals surface area (Å²) in [6, 6.07) is 28.1. The number of hydrogen-bond acceptors (Lipinski definition) is 4. The Morgan fingerprint density at radius 1 is 0.857 bits per heavy atom. The lowest BCUT2D eigenvalue weighted by Crippen LogP contribution is -2.01. The van der Waals surface area contributed by atoms with Gasteiger partial charge in [0.2, 0.25) is 0 Å². The second-order valence-electron chi connectivity index (χ2n) is 6.39. The van der Waals surface area contributed by atoms with Crippen LogP contribution in [0.1, 0.15) is 21.6 Å². The smallest absolute Gasteiger partial charge is 0.337 e. The van der Waals surface area contributed by atoms with E-state index in [2.05, 4.69) is 24.3 Å². The number of ether oxygens (including phenoxy) is 1. The summed E-state index contributed by atoms with van der Waals surface area (Å²) in [4.78, 5) is 17.8. The normalized spacial score (nSPS) is 10.6. The van der Waals surface area contributed by atoms with Crippen molar-refractivity contribution in [2.75, 3.05) is 7.11 Å². The first-order valence-corrected chi connectivity index (χ1v) is 9.84. The summed E-state index contributed by atoms with van der Waals surface area (Å²) >= 11 is 1.71. The van der Waals surface area contributed by atoms with Crippen LogP contribution in [0.3, 0.4) is 0 Å². The molecule has 4 heteroatoms. The van der Waals surface area contributed by atoms with Crippen LogP contribution in [-0.2, 0) is 11.2 Å². The Balaban J connectivity index is 1.71. The van der Waals surface area contributed by atoms with Crippen molar-refractivity contribution in [3.63, 3.8) is 0 Å². The first-order valence-electron chi connectivity index (χ1n) is 9.02. The summed E-state index contributed by atoms with van der Waals surface area (Å²) in [5.74, 6) is -0.323. The average Bonchev–Trinajstić information content (AvgIpc) is 3.19. The maximum atomic E-state index is 11.6. The van der Waals surface area contributed by atoms with Crippen LogP contribution in [0.5, 0.6) is 0 Å². The molecule has 0 aliphatic carbocycles. The maximum Gasteiger partial charge on any atom is 0.337 e. The van der Waals surface area contributed by atoms with Crippen LogP contribution in [0.15, 0.2) is 84.9 Å². The van der Waals surface area contributed by atoms with E-state index in [-0.39, 0.29) is 5.97 Å². The van der Waals surface area contributed by atoms with Crippen molar-refractivity contribution in [1.82, 2.24) is 4.98 Å². The summed E-state index contributed by atoms with van der Waals surface area (Å²) < 4.78 is 4.77. The first kappa shape index (κ1) is 18.1. The van der Waals surface area contributed by atoms with Crippen molar-refractivity contribution in [2.45, 2.75) is 6.42 Å². The number of benzene rings is 3. The Kier molecular flexibility index (Phi) is 5.31. The molecule has 0 aliphatic rings. The largest absolute Gasteiger partial charge is 0.465 e. The Bertz CT molecular complexity index is 1070. The third-order valence-corrected chi connectivity index (χ3v) is 5.70. The quantitative estimate of drug-likeness (QED) is 0.404. The van der Waals surface area contributed by atoms with Gasteiger partial charge in [-0.05, 0) is 23.3 Å². The van der Waals surface area contributed by atoms with E-state index < -0.39 is 0 Å². The van der Waals surface area contributed by atoms with Crippen molar-refractivity contribution >= 4 is 17.3 Å². The standard InChI is InChI=1S/C24H19NO2S/c1-27-24(26)20-14-12-17(13-15-20)16-21-22(18-8-4-2-5-9-18)28-23(25-21)19-10-6-3-7-11-19/h2-15H,16H2,1H3. The van der Waals surface area contributed by atoms with Gasteiger partial charge in [0, 0.05) is 12.0 Å². The highest BCUT2D eigenvalue weighted by molar-refractivity contribution is 7.18. The number of thiazole rings is 1. The van der Waals surface area contributed by atoms with Gasteiger partial charge in [-0.25, -0.2) is 9.78 Å². The fourth-order valence-corrected chi connectivity index (χ4v) is 4.15. The van der Waals surface area contributed by atoms with Crippen molar-refractivity contribution in [3.05, 3.63) is 102 Å². The molecule has 0 N–H and O–H groups in total. The molecule has 0 unspecified atom stereocenters. The molecule has 0 amide bonds. The monoisotopic (exact) mass is 385 g/mol. The molecule has 0 radical (unpaired) electrons. The van der Waals surface area contributed by atoms with Gasteiger partial charge in [-0.3, -0.25) is 0 Å². The maximum absolute atomic E-state index is 11.6. The summed E-state index contributed by atoms with van der Waals surface area (Å²) in [7, 11) is 1.39. The van der Waals surface area contributed by atoms with E-state index in [1.807, 2.05) is 48.5 Å². The molecule has 1 aromatic heterocycles. The van der Waals surface area contributed by atoms with Gasteiger partial charge >= 0.3 is 5.97 Å². The van der Waals surface area contributed by atoms with Gasteiger partial charge < -0.3 is 4.74 Å². The molecule has 28 heavy (non-hydrogen) atoms. The second-order valence-corrected chi connectivity index (χ2v) is 7.39. The van der Waals surface area contributed by atoms with Crippen LogP contribution in [0.4, 0.5) is 0 Å². The third kappa shape index (κ3) is 3.87. The number of rotatable bonds is 5. The Hall–Kier alpha value is -3.24. The number of nitrogens with zero attached hydrogens (tertiary/aromatic N) is 1. The van der Waals surface area contributed by atoms with Gasteiger partial charge in [-0.2, -0.15) is 0 Å². The minimum Gasteiger partial charge on any atom is -0.465 e.